The summed E-state index contributed by atoms with van der Waals surface area (Å²) in [4.78, 5) is 0.371. The molecule has 1 aromatic rings. The maximum Gasteiger partial charge on any atom is 0.107 e. The van der Waals surface area contributed by atoms with Gasteiger partial charge in [0.05, 0.1) is 5.60 Å². The molecule has 0 radical (unpaired) electrons. The SMILES string of the molecule is COC(C)(C)CNc1cccc(Br)c1C(N)=S. The first kappa shape index (κ1) is 14.4. The van der Waals surface area contributed by atoms with Crippen molar-refractivity contribution >= 4 is 38.8 Å². The minimum absolute atomic E-state index is 0.240. The summed E-state index contributed by atoms with van der Waals surface area (Å²) in [5.41, 5.74) is 7.22. The minimum atomic E-state index is -0.240. The summed E-state index contributed by atoms with van der Waals surface area (Å²) in [5.74, 6) is 0. The van der Waals surface area contributed by atoms with Crippen LogP contribution in [0, 0.1) is 0 Å². The van der Waals surface area contributed by atoms with E-state index < -0.39 is 0 Å². The van der Waals surface area contributed by atoms with Gasteiger partial charge in [-0.15, -0.1) is 0 Å². The van der Waals surface area contributed by atoms with Gasteiger partial charge >= 0.3 is 0 Å². The van der Waals surface area contributed by atoms with E-state index in [4.69, 9.17) is 22.7 Å². The average molecular weight is 317 g/mol. The second-order valence-corrected chi connectivity index (χ2v) is 5.64. The predicted octanol–water partition coefficient (Wildman–Crippen LogP) is 2.92. The first-order valence-corrected chi connectivity index (χ1v) is 6.45. The van der Waals surface area contributed by atoms with Crippen molar-refractivity contribution in [2.24, 2.45) is 5.73 Å². The van der Waals surface area contributed by atoms with Gasteiger partial charge in [-0.2, -0.15) is 0 Å². The molecule has 0 unspecified atom stereocenters. The van der Waals surface area contributed by atoms with Crippen LogP contribution in [0.3, 0.4) is 0 Å². The molecule has 94 valence electrons. The Hall–Kier alpha value is -0.650. The highest BCUT2D eigenvalue weighted by molar-refractivity contribution is 9.10. The zero-order valence-electron chi connectivity index (χ0n) is 10.2. The lowest BCUT2D eigenvalue weighted by atomic mass is 10.1. The molecule has 0 saturated carbocycles. The number of benzene rings is 1. The molecule has 0 aliphatic rings. The van der Waals surface area contributed by atoms with Crippen LogP contribution in [0.4, 0.5) is 5.69 Å². The zero-order chi connectivity index (χ0) is 13.1. The topological polar surface area (TPSA) is 47.3 Å². The second kappa shape index (κ2) is 5.80. The van der Waals surface area contributed by atoms with E-state index in [1.807, 2.05) is 32.0 Å². The molecule has 0 aliphatic carbocycles. The molecule has 0 fully saturated rings. The Balaban J connectivity index is 2.92. The molecule has 3 nitrogen and oxygen atoms in total. The number of anilines is 1. The van der Waals surface area contributed by atoms with E-state index in [0.29, 0.717) is 11.5 Å². The Bertz CT molecular complexity index is 421. The molecule has 5 heteroatoms. The lowest BCUT2D eigenvalue weighted by Gasteiger charge is -2.24. The number of nitrogens with two attached hydrogens (primary N) is 1. The van der Waals surface area contributed by atoms with Crippen molar-refractivity contribution in [1.29, 1.82) is 0 Å². The molecule has 17 heavy (non-hydrogen) atoms. The third-order valence-electron chi connectivity index (χ3n) is 2.52. The van der Waals surface area contributed by atoms with E-state index in [-0.39, 0.29) is 5.60 Å². The van der Waals surface area contributed by atoms with Crippen LogP contribution in [0.1, 0.15) is 19.4 Å². The van der Waals surface area contributed by atoms with E-state index in [1.54, 1.807) is 7.11 Å². The van der Waals surface area contributed by atoms with Gasteiger partial charge in [0.1, 0.15) is 4.99 Å². The number of methoxy groups -OCH3 is 1. The van der Waals surface area contributed by atoms with Gasteiger partial charge in [-0.05, 0) is 41.9 Å². The van der Waals surface area contributed by atoms with Crippen molar-refractivity contribution in [2.45, 2.75) is 19.4 Å². The molecule has 1 rings (SSSR count). The van der Waals surface area contributed by atoms with Gasteiger partial charge in [-0.3, -0.25) is 0 Å². The number of hydrogen-bond donors (Lipinski definition) is 2. The fourth-order valence-corrected chi connectivity index (χ4v) is 2.23. The van der Waals surface area contributed by atoms with E-state index in [2.05, 4.69) is 21.2 Å². The van der Waals surface area contributed by atoms with Gasteiger partial charge in [0.2, 0.25) is 0 Å². The van der Waals surface area contributed by atoms with Gasteiger partial charge in [-0.25, -0.2) is 0 Å². The largest absolute Gasteiger partial charge is 0.389 e. The fraction of sp³-hybridized carbons (Fsp3) is 0.417. The highest BCUT2D eigenvalue weighted by atomic mass is 79.9. The summed E-state index contributed by atoms with van der Waals surface area (Å²) in [7, 11) is 1.69. The fourth-order valence-electron chi connectivity index (χ4n) is 1.30. The molecular formula is C12H17BrN2OS. The van der Waals surface area contributed by atoms with Crippen molar-refractivity contribution in [3.05, 3.63) is 28.2 Å². The van der Waals surface area contributed by atoms with Crippen LogP contribution < -0.4 is 11.1 Å². The minimum Gasteiger partial charge on any atom is -0.389 e. The third kappa shape index (κ3) is 3.94. The zero-order valence-corrected chi connectivity index (χ0v) is 12.6. The van der Waals surface area contributed by atoms with Gasteiger partial charge in [0, 0.05) is 29.4 Å². The summed E-state index contributed by atoms with van der Waals surface area (Å²) in [6.45, 7) is 4.70. The van der Waals surface area contributed by atoms with Crippen LogP contribution in [-0.4, -0.2) is 24.2 Å². The monoisotopic (exact) mass is 316 g/mol. The van der Waals surface area contributed by atoms with E-state index in [0.717, 1.165) is 15.7 Å². The first-order chi connectivity index (χ1) is 7.87. The lowest BCUT2D eigenvalue weighted by Crippen LogP contribution is -2.32. The second-order valence-electron chi connectivity index (χ2n) is 4.34. The van der Waals surface area contributed by atoms with Crippen LogP contribution in [0.25, 0.3) is 0 Å². The first-order valence-electron chi connectivity index (χ1n) is 5.25. The standard InChI is InChI=1S/C12H17BrN2OS/c1-12(2,16-3)7-15-9-6-4-5-8(13)10(9)11(14)17/h4-6,15H,7H2,1-3H3,(H2,14,17). The lowest BCUT2D eigenvalue weighted by molar-refractivity contribution is 0.0344. The van der Waals surface area contributed by atoms with Gasteiger partial charge in [0.25, 0.3) is 0 Å². The number of thiocarbonyl (C=S) groups is 1. The average Bonchev–Trinajstić information content (AvgIpc) is 2.26. The van der Waals surface area contributed by atoms with Crippen LogP contribution in [-0.2, 0) is 4.74 Å². The van der Waals surface area contributed by atoms with E-state index in [1.165, 1.54) is 0 Å². The van der Waals surface area contributed by atoms with Crippen molar-refractivity contribution < 1.29 is 4.74 Å². The van der Waals surface area contributed by atoms with Crippen LogP contribution in [0.15, 0.2) is 22.7 Å². The molecule has 0 bridgehead atoms. The molecule has 0 saturated heterocycles. The molecule has 0 spiro atoms. The van der Waals surface area contributed by atoms with Crippen molar-refractivity contribution in [1.82, 2.24) is 0 Å². The Morgan fingerprint density at radius 2 is 2.18 bits per heavy atom. The maximum absolute atomic E-state index is 5.72. The molecule has 0 amide bonds. The molecule has 0 atom stereocenters. The molecule has 0 aliphatic heterocycles. The van der Waals surface area contributed by atoms with Gasteiger partial charge in [0.15, 0.2) is 0 Å². The van der Waals surface area contributed by atoms with Gasteiger partial charge < -0.3 is 15.8 Å². The molecule has 0 aromatic heterocycles. The highest BCUT2D eigenvalue weighted by Gasteiger charge is 2.17. The van der Waals surface area contributed by atoms with Crippen molar-refractivity contribution in [3.8, 4) is 0 Å². The summed E-state index contributed by atoms with van der Waals surface area (Å²) in [5, 5.41) is 3.30. The summed E-state index contributed by atoms with van der Waals surface area (Å²) in [6, 6.07) is 5.81. The highest BCUT2D eigenvalue weighted by Crippen LogP contribution is 2.25. The Morgan fingerprint density at radius 3 is 2.71 bits per heavy atom. The Kier molecular flexibility index (Phi) is 4.91. The van der Waals surface area contributed by atoms with E-state index in [9.17, 15) is 0 Å². The van der Waals surface area contributed by atoms with Crippen LogP contribution in [0.2, 0.25) is 0 Å². The number of halogens is 1. The quantitative estimate of drug-likeness (QED) is 0.820. The smallest absolute Gasteiger partial charge is 0.107 e. The molecule has 1 aromatic carbocycles. The van der Waals surface area contributed by atoms with Crippen LogP contribution in [0.5, 0.6) is 0 Å². The normalized spacial score (nSPS) is 11.3. The number of hydrogen-bond acceptors (Lipinski definition) is 3. The molecule has 3 N–H and O–H groups in total. The molecule has 0 heterocycles. The predicted molar refractivity (Wildman–Crippen MR) is 79.6 cm³/mol. The number of rotatable bonds is 5. The summed E-state index contributed by atoms with van der Waals surface area (Å²) >= 11 is 8.50. The summed E-state index contributed by atoms with van der Waals surface area (Å²) < 4.78 is 6.25. The number of ether oxygens (including phenoxy) is 1. The Morgan fingerprint density at radius 1 is 1.53 bits per heavy atom. The van der Waals surface area contributed by atoms with Crippen molar-refractivity contribution in [2.75, 3.05) is 19.0 Å². The van der Waals surface area contributed by atoms with Crippen molar-refractivity contribution in [3.63, 3.8) is 0 Å². The molecular weight excluding hydrogens is 300 g/mol. The third-order valence-corrected chi connectivity index (χ3v) is 3.38. The van der Waals surface area contributed by atoms with Gasteiger partial charge in [-0.1, -0.05) is 18.3 Å². The summed E-state index contributed by atoms with van der Waals surface area (Å²) in [6.07, 6.45) is 0. The Labute approximate surface area is 116 Å². The van der Waals surface area contributed by atoms with E-state index >= 15 is 0 Å². The number of nitrogens with one attached hydrogen (secondary N) is 1. The maximum atomic E-state index is 5.72. The van der Waals surface area contributed by atoms with Crippen LogP contribution >= 0.6 is 28.1 Å².